The Morgan fingerprint density at radius 1 is 0.903 bits per heavy atom. The van der Waals surface area contributed by atoms with E-state index in [1.54, 1.807) is 42.5 Å². The van der Waals surface area contributed by atoms with Crippen molar-refractivity contribution < 1.29 is 19.1 Å². The third kappa shape index (κ3) is 5.76. The number of hydrogen-bond acceptors (Lipinski definition) is 5. The van der Waals surface area contributed by atoms with Gasteiger partial charge < -0.3 is 9.47 Å². The first-order valence-corrected chi connectivity index (χ1v) is 9.95. The molecule has 0 radical (unpaired) electrons. The third-order valence-electron chi connectivity index (χ3n) is 4.05. The summed E-state index contributed by atoms with van der Waals surface area (Å²) in [5.41, 5.74) is 3.54. The van der Waals surface area contributed by atoms with Crippen molar-refractivity contribution in [2.24, 2.45) is 5.10 Å². The molecule has 0 aliphatic rings. The van der Waals surface area contributed by atoms with Crippen molar-refractivity contribution in [2.45, 2.75) is 0 Å². The molecule has 0 aromatic heterocycles. The standard InChI is InChI=1S/C22H15Cl3N2O4/c1-30-20-10-13(12-26-27-21(28)14-7-8-17(24)18(25)11-14)6-9-19(20)31-22(29)15-4-2-3-5-16(15)23/h2-12H,1H3,(H,27,28)/b26-12-. The number of benzene rings is 3. The van der Waals surface area contributed by atoms with Gasteiger partial charge in [-0.2, -0.15) is 5.10 Å². The number of ether oxygens (including phenoxy) is 2. The van der Waals surface area contributed by atoms with Crippen LogP contribution < -0.4 is 14.9 Å². The number of methoxy groups -OCH3 is 1. The molecule has 3 aromatic carbocycles. The van der Waals surface area contributed by atoms with Gasteiger partial charge in [-0.15, -0.1) is 0 Å². The Hall–Kier alpha value is -3.06. The predicted octanol–water partition coefficient (Wildman–Crippen LogP) is 5.64. The van der Waals surface area contributed by atoms with E-state index in [4.69, 9.17) is 44.3 Å². The van der Waals surface area contributed by atoms with Crippen LogP contribution in [0.5, 0.6) is 11.5 Å². The molecule has 0 aliphatic heterocycles. The molecule has 0 spiro atoms. The summed E-state index contributed by atoms with van der Waals surface area (Å²) in [5.74, 6) is -0.546. The lowest BCUT2D eigenvalue weighted by atomic mass is 10.2. The summed E-state index contributed by atoms with van der Waals surface area (Å²) in [5, 5.41) is 4.82. The second-order valence-electron chi connectivity index (χ2n) is 6.11. The number of rotatable bonds is 6. The van der Waals surface area contributed by atoms with Crippen molar-refractivity contribution in [1.82, 2.24) is 5.43 Å². The fourth-order valence-electron chi connectivity index (χ4n) is 2.50. The number of halogens is 3. The minimum absolute atomic E-state index is 0.212. The first-order chi connectivity index (χ1) is 14.9. The van der Waals surface area contributed by atoms with Crippen LogP contribution in [0.25, 0.3) is 0 Å². The summed E-state index contributed by atoms with van der Waals surface area (Å²) in [6.07, 6.45) is 1.41. The molecule has 0 saturated carbocycles. The second-order valence-corrected chi connectivity index (χ2v) is 7.33. The molecule has 0 saturated heterocycles. The minimum Gasteiger partial charge on any atom is -0.493 e. The number of carbonyl (C=O) groups excluding carboxylic acids is 2. The van der Waals surface area contributed by atoms with Gasteiger partial charge in [0.25, 0.3) is 5.91 Å². The molecule has 0 unspecified atom stereocenters. The maximum Gasteiger partial charge on any atom is 0.345 e. The lowest BCUT2D eigenvalue weighted by Gasteiger charge is -2.10. The zero-order chi connectivity index (χ0) is 22.4. The summed E-state index contributed by atoms with van der Waals surface area (Å²) in [6, 6.07) is 15.9. The fraction of sp³-hybridized carbons (Fsp3) is 0.0455. The molecule has 9 heteroatoms. The van der Waals surface area contributed by atoms with Crippen LogP contribution in [0.3, 0.4) is 0 Å². The number of amides is 1. The summed E-state index contributed by atoms with van der Waals surface area (Å²) in [6.45, 7) is 0. The molecule has 31 heavy (non-hydrogen) atoms. The molecular formula is C22H15Cl3N2O4. The summed E-state index contributed by atoms with van der Waals surface area (Å²) < 4.78 is 10.7. The van der Waals surface area contributed by atoms with Gasteiger partial charge in [0.1, 0.15) is 0 Å². The third-order valence-corrected chi connectivity index (χ3v) is 5.11. The lowest BCUT2D eigenvalue weighted by molar-refractivity contribution is 0.0729. The first kappa shape index (κ1) is 22.6. The van der Waals surface area contributed by atoms with Gasteiger partial charge in [-0.05, 0) is 54.1 Å². The Morgan fingerprint density at radius 3 is 2.39 bits per heavy atom. The van der Waals surface area contributed by atoms with Crippen LogP contribution in [0.4, 0.5) is 0 Å². The van der Waals surface area contributed by atoms with Crippen molar-refractivity contribution in [3.05, 3.63) is 92.4 Å². The average Bonchev–Trinajstić information content (AvgIpc) is 2.76. The zero-order valence-electron chi connectivity index (χ0n) is 16.1. The molecule has 158 valence electrons. The zero-order valence-corrected chi connectivity index (χ0v) is 18.3. The van der Waals surface area contributed by atoms with Crippen LogP contribution >= 0.6 is 34.8 Å². The highest BCUT2D eigenvalue weighted by molar-refractivity contribution is 6.42. The molecule has 1 amide bonds. The van der Waals surface area contributed by atoms with Gasteiger partial charge in [0.05, 0.1) is 34.0 Å². The van der Waals surface area contributed by atoms with E-state index in [0.717, 1.165) is 0 Å². The average molecular weight is 478 g/mol. The van der Waals surface area contributed by atoms with E-state index in [2.05, 4.69) is 10.5 Å². The van der Waals surface area contributed by atoms with Crippen LogP contribution in [0.15, 0.2) is 65.8 Å². The molecular weight excluding hydrogens is 463 g/mol. The maximum atomic E-state index is 12.4. The first-order valence-electron chi connectivity index (χ1n) is 8.82. The minimum atomic E-state index is -0.612. The van der Waals surface area contributed by atoms with E-state index in [0.29, 0.717) is 21.9 Å². The molecule has 0 bridgehead atoms. The predicted molar refractivity (Wildman–Crippen MR) is 121 cm³/mol. The normalized spacial score (nSPS) is 10.7. The highest BCUT2D eigenvalue weighted by Crippen LogP contribution is 2.29. The lowest BCUT2D eigenvalue weighted by Crippen LogP contribution is -2.17. The van der Waals surface area contributed by atoms with Crippen molar-refractivity contribution in [2.75, 3.05) is 7.11 Å². The monoisotopic (exact) mass is 476 g/mol. The Morgan fingerprint density at radius 2 is 1.68 bits per heavy atom. The van der Waals surface area contributed by atoms with Gasteiger partial charge >= 0.3 is 5.97 Å². The highest BCUT2D eigenvalue weighted by Gasteiger charge is 2.15. The van der Waals surface area contributed by atoms with Crippen LogP contribution in [-0.2, 0) is 0 Å². The number of nitrogens with one attached hydrogen (secondary N) is 1. The summed E-state index contributed by atoms with van der Waals surface area (Å²) in [7, 11) is 1.44. The fourth-order valence-corrected chi connectivity index (χ4v) is 3.01. The number of hydrogen-bond donors (Lipinski definition) is 1. The second kappa shape index (κ2) is 10.3. The van der Waals surface area contributed by atoms with Crippen molar-refractivity contribution in [3.8, 4) is 11.5 Å². The van der Waals surface area contributed by atoms with Gasteiger partial charge in [-0.1, -0.05) is 46.9 Å². The summed E-state index contributed by atoms with van der Waals surface area (Å²) in [4.78, 5) is 24.5. The largest absolute Gasteiger partial charge is 0.493 e. The van der Waals surface area contributed by atoms with E-state index in [9.17, 15) is 9.59 Å². The topological polar surface area (TPSA) is 77.0 Å². The van der Waals surface area contributed by atoms with Gasteiger partial charge in [0.15, 0.2) is 11.5 Å². The SMILES string of the molecule is COc1cc(/C=N\NC(=O)c2ccc(Cl)c(Cl)c2)ccc1OC(=O)c1ccccc1Cl. The molecule has 3 rings (SSSR count). The molecule has 3 aromatic rings. The van der Waals surface area contributed by atoms with E-state index >= 15 is 0 Å². The van der Waals surface area contributed by atoms with E-state index in [1.165, 1.54) is 31.5 Å². The summed E-state index contributed by atoms with van der Waals surface area (Å²) >= 11 is 17.8. The van der Waals surface area contributed by atoms with E-state index < -0.39 is 11.9 Å². The van der Waals surface area contributed by atoms with Gasteiger partial charge in [0.2, 0.25) is 0 Å². The smallest absolute Gasteiger partial charge is 0.345 e. The van der Waals surface area contributed by atoms with Gasteiger partial charge in [-0.25, -0.2) is 10.2 Å². The van der Waals surface area contributed by atoms with Crippen molar-refractivity contribution in [1.29, 1.82) is 0 Å². The number of hydrazone groups is 1. The Balaban J connectivity index is 1.69. The van der Waals surface area contributed by atoms with Crippen molar-refractivity contribution >= 4 is 52.9 Å². The Labute approximate surface area is 193 Å². The molecule has 6 nitrogen and oxygen atoms in total. The van der Waals surface area contributed by atoms with Crippen LogP contribution in [0.2, 0.25) is 15.1 Å². The van der Waals surface area contributed by atoms with E-state index in [-0.39, 0.29) is 21.4 Å². The van der Waals surface area contributed by atoms with Gasteiger partial charge in [0, 0.05) is 5.56 Å². The molecule has 0 fully saturated rings. The maximum absolute atomic E-state index is 12.4. The molecule has 1 N–H and O–H groups in total. The Kier molecular flexibility index (Phi) is 7.52. The molecule has 0 heterocycles. The molecule has 0 aliphatic carbocycles. The Bertz CT molecular complexity index is 1170. The highest BCUT2D eigenvalue weighted by atomic mass is 35.5. The quantitative estimate of drug-likeness (QED) is 0.216. The molecule has 0 atom stereocenters. The number of esters is 1. The van der Waals surface area contributed by atoms with Gasteiger partial charge in [-0.3, -0.25) is 4.79 Å². The van der Waals surface area contributed by atoms with E-state index in [1.807, 2.05) is 0 Å². The number of carbonyl (C=O) groups is 2. The van der Waals surface area contributed by atoms with Crippen LogP contribution in [0.1, 0.15) is 26.3 Å². The van der Waals surface area contributed by atoms with Crippen LogP contribution in [0, 0.1) is 0 Å². The van der Waals surface area contributed by atoms with Crippen LogP contribution in [-0.4, -0.2) is 25.2 Å². The number of nitrogens with zero attached hydrogens (tertiary/aromatic N) is 1. The van der Waals surface area contributed by atoms with Crippen molar-refractivity contribution in [3.63, 3.8) is 0 Å².